The number of carbonyl (C=O) groups is 1. The number of rotatable bonds is 5. The summed E-state index contributed by atoms with van der Waals surface area (Å²) < 4.78 is 5.12. The van der Waals surface area contributed by atoms with Crippen molar-refractivity contribution >= 4 is 5.91 Å². The lowest BCUT2D eigenvalue weighted by Gasteiger charge is -2.13. The summed E-state index contributed by atoms with van der Waals surface area (Å²) in [5.74, 6) is 2.39. The molecule has 1 amide bonds. The minimum Gasteiger partial charge on any atom is -0.497 e. The summed E-state index contributed by atoms with van der Waals surface area (Å²) in [6, 6.07) is 8.03. The molecule has 2 N–H and O–H groups in total. The highest BCUT2D eigenvalue weighted by molar-refractivity contribution is 5.83. The first-order valence-electron chi connectivity index (χ1n) is 6.92. The molecule has 1 heterocycles. The Hall–Kier alpha value is -1.55. The molecule has 1 saturated carbocycles. The van der Waals surface area contributed by atoms with Crippen molar-refractivity contribution in [2.45, 2.75) is 18.9 Å². The van der Waals surface area contributed by atoms with Crippen LogP contribution in [0.1, 0.15) is 12.0 Å². The van der Waals surface area contributed by atoms with Gasteiger partial charge in [0.2, 0.25) is 5.91 Å². The molecule has 3 atom stereocenters. The van der Waals surface area contributed by atoms with E-state index < -0.39 is 0 Å². The average molecular weight is 260 g/mol. The number of hydrogen-bond donors (Lipinski definition) is 2. The van der Waals surface area contributed by atoms with E-state index in [2.05, 4.69) is 10.6 Å². The molecule has 3 rings (SSSR count). The molecular formula is C15H20N2O2. The van der Waals surface area contributed by atoms with Crippen molar-refractivity contribution in [1.29, 1.82) is 0 Å². The van der Waals surface area contributed by atoms with Crippen LogP contribution in [0.4, 0.5) is 0 Å². The predicted molar refractivity (Wildman–Crippen MR) is 73.1 cm³/mol. The van der Waals surface area contributed by atoms with E-state index in [9.17, 15) is 4.79 Å². The van der Waals surface area contributed by atoms with Gasteiger partial charge in [-0.25, -0.2) is 0 Å². The van der Waals surface area contributed by atoms with Crippen LogP contribution in [0.2, 0.25) is 0 Å². The highest BCUT2D eigenvalue weighted by Gasteiger charge is 2.50. The number of fused-ring (bicyclic) bond motifs is 1. The third kappa shape index (κ3) is 2.73. The molecule has 102 valence electrons. The van der Waals surface area contributed by atoms with E-state index in [-0.39, 0.29) is 11.9 Å². The highest BCUT2D eigenvalue weighted by Crippen LogP contribution is 2.44. The second-order valence-corrected chi connectivity index (χ2v) is 5.43. The number of nitrogens with one attached hydrogen (secondary N) is 2. The first-order valence-corrected chi connectivity index (χ1v) is 6.92. The summed E-state index contributed by atoms with van der Waals surface area (Å²) in [4.78, 5) is 12.0. The van der Waals surface area contributed by atoms with Gasteiger partial charge in [-0.2, -0.15) is 0 Å². The average Bonchev–Trinajstić information content (AvgIpc) is 3.10. The lowest BCUT2D eigenvalue weighted by atomic mass is 10.1. The minimum absolute atomic E-state index is 0.0564. The normalized spacial score (nSPS) is 27.7. The fraction of sp³-hybridized carbons (Fsp3) is 0.533. The van der Waals surface area contributed by atoms with Crippen LogP contribution in [0, 0.1) is 11.8 Å². The molecule has 1 saturated heterocycles. The summed E-state index contributed by atoms with van der Waals surface area (Å²) in [6.45, 7) is 1.71. The van der Waals surface area contributed by atoms with E-state index in [1.165, 1.54) is 12.0 Å². The van der Waals surface area contributed by atoms with Gasteiger partial charge < -0.3 is 15.4 Å². The quantitative estimate of drug-likeness (QED) is 0.829. The van der Waals surface area contributed by atoms with E-state index >= 15 is 0 Å². The minimum atomic E-state index is 0.0564. The SMILES string of the molecule is COc1ccc(CCNC(=O)[C@H]2NC[C@@H]3C[C@@H]32)cc1. The van der Waals surface area contributed by atoms with Crippen LogP contribution in [0.15, 0.2) is 24.3 Å². The second-order valence-electron chi connectivity index (χ2n) is 5.43. The van der Waals surface area contributed by atoms with Crippen LogP contribution in [0.25, 0.3) is 0 Å². The van der Waals surface area contributed by atoms with E-state index in [0.29, 0.717) is 12.5 Å². The Bertz CT molecular complexity index is 458. The van der Waals surface area contributed by atoms with Crippen molar-refractivity contribution in [3.8, 4) is 5.75 Å². The number of ether oxygens (including phenoxy) is 1. The number of benzene rings is 1. The largest absolute Gasteiger partial charge is 0.497 e. The van der Waals surface area contributed by atoms with Gasteiger partial charge in [0, 0.05) is 6.54 Å². The summed E-state index contributed by atoms with van der Waals surface area (Å²) >= 11 is 0. The van der Waals surface area contributed by atoms with Crippen LogP contribution in [0.3, 0.4) is 0 Å². The maximum atomic E-state index is 12.0. The van der Waals surface area contributed by atoms with E-state index in [0.717, 1.165) is 24.6 Å². The van der Waals surface area contributed by atoms with Crippen molar-refractivity contribution in [3.63, 3.8) is 0 Å². The van der Waals surface area contributed by atoms with Crippen LogP contribution in [-0.2, 0) is 11.2 Å². The maximum Gasteiger partial charge on any atom is 0.237 e. The zero-order chi connectivity index (χ0) is 13.2. The van der Waals surface area contributed by atoms with E-state index in [1.54, 1.807) is 7.11 Å². The Morgan fingerprint density at radius 1 is 1.42 bits per heavy atom. The van der Waals surface area contributed by atoms with Gasteiger partial charge in [0.25, 0.3) is 0 Å². The molecule has 4 nitrogen and oxygen atoms in total. The summed E-state index contributed by atoms with van der Waals surface area (Å²) in [6.07, 6.45) is 2.08. The Kier molecular flexibility index (Phi) is 3.42. The Balaban J connectivity index is 1.43. The van der Waals surface area contributed by atoms with Crippen molar-refractivity contribution in [1.82, 2.24) is 10.6 Å². The highest BCUT2D eigenvalue weighted by atomic mass is 16.5. The fourth-order valence-electron chi connectivity index (χ4n) is 2.86. The first-order chi connectivity index (χ1) is 9.28. The molecule has 1 aromatic carbocycles. The van der Waals surface area contributed by atoms with Crippen LogP contribution in [0.5, 0.6) is 5.75 Å². The van der Waals surface area contributed by atoms with Crippen LogP contribution in [-0.4, -0.2) is 32.1 Å². The smallest absolute Gasteiger partial charge is 0.237 e. The monoisotopic (exact) mass is 260 g/mol. The molecule has 2 fully saturated rings. The number of piperidine rings is 1. The lowest BCUT2D eigenvalue weighted by Crippen LogP contribution is -2.43. The molecule has 1 aromatic rings. The fourth-order valence-corrected chi connectivity index (χ4v) is 2.86. The molecule has 4 heteroatoms. The molecule has 1 aliphatic carbocycles. The number of amides is 1. The summed E-state index contributed by atoms with van der Waals surface area (Å²) in [5.41, 5.74) is 1.21. The van der Waals surface area contributed by atoms with Crippen molar-refractivity contribution in [3.05, 3.63) is 29.8 Å². The standard InChI is InChI=1S/C15H20N2O2/c1-19-12-4-2-10(3-5-12)6-7-16-15(18)14-13-8-11(13)9-17-14/h2-5,11,13-14,17H,6-9H2,1H3,(H,16,18)/t11-,13-,14-/m0/s1. The van der Waals surface area contributed by atoms with Gasteiger partial charge in [-0.05, 0) is 48.9 Å². The van der Waals surface area contributed by atoms with Gasteiger partial charge in [0.1, 0.15) is 5.75 Å². The van der Waals surface area contributed by atoms with Crippen molar-refractivity contribution < 1.29 is 9.53 Å². The van der Waals surface area contributed by atoms with Crippen molar-refractivity contribution in [2.75, 3.05) is 20.2 Å². The topological polar surface area (TPSA) is 50.4 Å². The van der Waals surface area contributed by atoms with Gasteiger partial charge in [0.05, 0.1) is 13.2 Å². The Labute approximate surface area is 113 Å². The third-order valence-electron chi connectivity index (χ3n) is 4.16. The van der Waals surface area contributed by atoms with Gasteiger partial charge >= 0.3 is 0 Å². The van der Waals surface area contributed by atoms with Gasteiger partial charge in [-0.15, -0.1) is 0 Å². The predicted octanol–water partition coefficient (Wildman–Crippen LogP) is 0.962. The van der Waals surface area contributed by atoms with Crippen LogP contribution < -0.4 is 15.4 Å². The molecular weight excluding hydrogens is 240 g/mol. The Morgan fingerprint density at radius 2 is 2.21 bits per heavy atom. The van der Waals surface area contributed by atoms with E-state index in [1.807, 2.05) is 24.3 Å². The summed E-state index contributed by atoms with van der Waals surface area (Å²) in [5, 5.41) is 6.32. The van der Waals surface area contributed by atoms with Crippen molar-refractivity contribution in [2.24, 2.45) is 11.8 Å². The van der Waals surface area contributed by atoms with Gasteiger partial charge in [-0.1, -0.05) is 12.1 Å². The lowest BCUT2D eigenvalue weighted by molar-refractivity contribution is -0.123. The zero-order valence-corrected chi connectivity index (χ0v) is 11.2. The van der Waals surface area contributed by atoms with Gasteiger partial charge in [0.15, 0.2) is 0 Å². The molecule has 0 aromatic heterocycles. The van der Waals surface area contributed by atoms with Crippen LogP contribution >= 0.6 is 0 Å². The van der Waals surface area contributed by atoms with E-state index in [4.69, 9.17) is 4.74 Å². The molecule has 0 unspecified atom stereocenters. The zero-order valence-electron chi connectivity index (χ0n) is 11.2. The maximum absolute atomic E-state index is 12.0. The first kappa shape index (κ1) is 12.5. The molecule has 0 bridgehead atoms. The number of carbonyl (C=O) groups excluding carboxylic acids is 1. The number of methoxy groups -OCH3 is 1. The number of hydrogen-bond acceptors (Lipinski definition) is 3. The molecule has 0 radical (unpaired) electrons. The molecule has 19 heavy (non-hydrogen) atoms. The molecule has 1 aliphatic heterocycles. The molecule has 0 spiro atoms. The summed E-state index contributed by atoms with van der Waals surface area (Å²) in [7, 11) is 1.66. The van der Waals surface area contributed by atoms with Gasteiger partial charge in [-0.3, -0.25) is 4.79 Å². The second kappa shape index (κ2) is 5.21. The molecule has 2 aliphatic rings. The third-order valence-corrected chi connectivity index (χ3v) is 4.16. The Morgan fingerprint density at radius 3 is 2.79 bits per heavy atom.